The maximum atomic E-state index is 11.8. The number of carbonyl (C=O) groups is 1. The van der Waals surface area contributed by atoms with Crippen molar-refractivity contribution in [2.24, 2.45) is 5.92 Å². The zero-order valence-electron chi connectivity index (χ0n) is 12.6. The van der Waals surface area contributed by atoms with Gasteiger partial charge in [0.15, 0.2) is 0 Å². The van der Waals surface area contributed by atoms with Crippen LogP contribution in [-0.4, -0.2) is 37.7 Å². The number of nitrogens with one attached hydrogen (secondary N) is 2. The Labute approximate surface area is 112 Å². The van der Waals surface area contributed by atoms with Crippen LogP contribution in [0.1, 0.15) is 47.5 Å². The maximum absolute atomic E-state index is 11.8. The van der Waals surface area contributed by atoms with E-state index in [1.54, 1.807) is 0 Å². The number of hydrogen-bond donors (Lipinski definition) is 2. The van der Waals surface area contributed by atoms with Crippen LogP contribution >= 0.6 is 0 Å². The summed E-state index contributed by atoms with van der Waals surface area (Å²) < 4.78 is 5.45. The molecule has 0 aliphatic heterocycles. The first-order chi connectivity index (χ1) is 8.51. The Balaban J connectivity index is 3.67. The molecule has 1 atom stereocenters. The Morgan fingerprint density at radius 1 is 1.17 bits per heavy atom. The molecule has 1 amide bonds. The fraction of sp³-hybridized carbons (Fsp3) is 0.929. The quantitative estimate of drug-likeness (QED) is 0.589. The minimum Gasteiger partial charge on any atom is -0.380 e. The molecule has 0 bridgehead atoms. The van der Waals surface area contributed by atoms with Crippen LogP contribution in [0.3, 0.4) is 0 Å². The van der Waals surface area contributed by atoms with E-state index in [4.69, 9.17) is 4.74 Å². The summed E-state index contributed by atoms with van der Waals surface area (Å²) in [6, 6.07) is 0.132. The van der Waals surface area contributed by atoms with Crippen molar-refractivity contribution in [3.63, 3.8) is 0 Å². The van der Waals surface area contributed by atoms with E-state index in [9.17, 15) is 4.79 Å². The predicted molar refractivity (Wildman–Crippen MR) is 75.6 cm³/mol. The first-order valence-corrected chi connectivity index (χ1v) is 7.12. The zero-order valence-corrected chi connectivity index (χ0v) is 12.6. The van der Waals surface area contributed by atoms with E-state index in [1.807, 2.05) is 6.92 Å². The molecule has 4 heteroatoms. The van der Waals surface area contributed by atoms with Gasteiger partial charge in [-0.05, 0) is 25.7 Å². The van der Waals surface area contributed by atoms with Crippen molar-refractivity contribution in [2.45, 2.75) is 59.5 Å². The molecule has 0 aromatic carbocycles. The summed E-state index contributed by atoms with van der Waals surface area (Å²) >= 11 is 0. The summed E-state index contributed by atoms with van der Waals surface area (Å²) in [6.45, 7) is 12.5. The molecule has 0 saturated carbocycles. The molecule has 0 spiro atoms. The van der Waals surface area contributed by atoms with Gasteiger partial charge in [-0.25, -0.2) is 0 Å². The number of amides is 1. The maximum Gasteiger partial charge on any atom is 0.237 e. The van der Waals surface area contributed by atoms with E-state index in [0.29, 0.717) is 25.1 Å². The van der Waals surface area contributed by atoms with Crippen LogP contribution in [0.4, 0.5) is 0 Å². The van der Waals surface area contributed by atoms with E-state index in [-0.39, 0.29) is 11.9 Å². The topological polar surface area (TPSA) is 50.4 Å². The summed E-state index contributed by atoms with van der Waals surface area (Å²) in [5, 5.41) is 6.21. The monoisotopic (exact) mass is 258 g/mol. The second kappa shape index (κ2) is 10.3. The first-order valence-electron chi connectivity index (χ1n) is 7.12. The molecule has 108 valence electrons. The lowest BCUT2D eigenvalue weighted by molar-refractivity contribution is -0.123. The summed E-state index contributed by atoms with van der Waals surface area (Å²) in [5.74, 6) is 0.633. The molecule has 4 nitrogen and oxygen atoms in total. The van der Waals surface area contributed by atoms with Gasteiger partial charge in [-0.15, -0.1) is 0 Å². The van der Waals surface area contributed by atoms with Crippen molar-refractivity contribution in [1.29, 1.82) is 0 Å². The van der Waals surface area contributed by atoms with E-state index < -0.39 is 0 Å². The van der Waals surface area contributed by atoms with Gasteiger partial charge in [0, 0.05) is 19.2 Å². The largest absolute Gasteiger partial charge is 0.380 e. The van der Waals surface area contributed by atoms with Crippen molar-refractivity contribution in [3.8, 4) is 0 Å². The van der Waals surface area contributed by atoms with E-state index in [0.717, 1.165) is 19.4 Å². The van der Waals surface area contributed by atoms with Crippen molar-refractivity contribution >= 4 is 5.91 Å². The van der Waals surface area contributed by atoms with Gasteiger partial charge in [-0.3, -0.25) is 4.79 Å². The second-order valence-electron chi connectivity index (χ2n) is 5.17. The fourth-order valence-corrected chi connectivity index (χ4v) is 1.58. The molecule has 2 N–H and O–H groups in total. The average molecular weight is 258 g/mol. The molecule has 0 rings (SSSR count). The zero-order chi connectivity index (χ0) is 14.0. The second-order valence-corrected chi connectivity index (χ2v) is 5.17. The van der Waals surface area contributed by atoms with Gasteiger partial charge in [-0.1, -0.05) is 27.7 Å². The predicted octanol–water partition coefficient (Wildman–Crippen LogP) is 1.94. The van der Waals surface area contributed by atoms with Crippen molar-refractivity contribution < 1.29 is 9.53 Å². The van der Waals surface area contributed by atoms with E-state index >= 15 is 0 Å². The van der Waals surface area contributed by atoms with Gasteiger partial charge in [0.1, 0.15) is 0 Å². The number of ether oxygens (including phenoxy) is 1. The average Bonchev–Trinajstić information content (AvgIpc) is 2.34. The molecule has 1 unspecified atom stereocenters. The molecule has 0 aliphatic rings. The van der Waals surface area contributed by atoms with Gasteiger partial charge in [0.2, 0.25) is 5.91 Å². The minimum atomic E-state index is -0.159. The van der Waals surface area contributed by atoms with Crippen molar-refractivity contribution in [3.05, 3.63) is 0 Å². The SMILES string of the molecule is CCC(CC)NC(=O)C(C)NCCOCC(C)C. The molecule has 0 saturated heterocycles. The Morgan fingerprint density at radius 2 is 1.78 bits per heavy atom. The third-order valence-electron chi connectivity index (χ3n) is 2.87. The number of carbonyl (C=O) groups excluding carboxylic acids is 1. The smallest absolute Gasteiger partial charge is 0.237 e. The highest BCUT2D eigenvalue weighted by Crippen LogP contribution is 1.97. The Kier molecular flexibility index (Phi) is 9.98. The molecule has 0 aliphatic carbocycles. The van der Waals surface area contributed by atoms with Crippen LogP contribution in [0.5, 0.6) is 0 Å². The van der Waals surface area contributed by atoms with Gasteiger partial charge >= 0.3 is 0 Å². The van der Waals surface area contributed by atoms with E-state index in [1.165, 1.54) is 0 Å². The Hall–Kier alpha value is -0.610. The summed E-state index contributed by atoms with van der Waals surface area (Å²) in [4.78, 5) is 11.8. The molecule has 0 fully saturated rings. The van der Waals surface area contributed by atoms with Crippen molar-refractivity contribution in [1.82, 2.24) is 10.6 Å². The minimum absolute atomic E-state index is 0.0764. The lowest BCUT2D eigenvalue weighted by Gasteiger charge is -2.19. The van der Waals surface area contributed by atoms with Crippen LogP contribution in [0, 0.1) is 5.92 Å². The summed E-state index contributed by atoms with van der Waals surface area (Å²) in [7, 11) is 0. The fourth-order valence-electron chi connectivity index (χ4n) is 1.58. The normalized spacial score (nSPS) is 13.1. The van der Waals surface area contributed by atoms with Gasteiger partial charge in [0.25, 0.3) is 0 Å². The highest BCUT2D eigenvalue weighted by molar-refractivity contribution is 5.81. The Bertz CT molecular complexity index is 216. The first kappa shape index (κ1) is 17.4. The van der Waals surface area contributed by atoms with Crippen LogP contribution < -0.4 is 10.6 Å². The highest BCUT2D eigenvalue weighted by Gasteiger charge is 2.14. The van der Waals surface area contributed by atoms with Gasteiger partial charge in [-0.2, -0.15) is 0 Å². The molecule has 0 aromatic heterocycles. The number of rotatable bonds is 10. The molecule has 0 radical (unpaired) electrons. The third-order valence-corrected chi connectivity index (χ3v) is 2.87. The van der Waals surface area contributed by atoms with Crippen LogP contribution in [0.2, 0.25) is 0 Å². The highest BCUT2D eigenvalue weighted by atomic mass is 16.5. The molecular weight excluding hydrogens is 228 g/mol. The van der Waals surface area contributed by atoms with Gasteiger partial charge < -0.3 is 15.4 Å². The van der Waals surface area contributed by atoms with Crippen molar-refractivity contribution in [2.75, 3.05) is 19.8 Å². The third kappa shape index (κ3) is 8.48. The Morgan fingerprint density at radius 3 is 2.28 bits per heavy atom. The standard InChI is InChI=1S/C14H30N2O2/c1-6-13(7-2)16-14(17)12(5)15-8-9-18-10-11(3)4/h11-13,15H,6-10H2,1-5H3,(H,16,17). The summed E-state index contributed by atoms with van der Waals surface area (Å²) in [5.41, 5.74) is 0. The van der Waals surface area contributed by atoms with Gasteiger partial charge in [0.05, 0.1) is 12.6 Å². The molecule has 0 heterocycles. The van der Waals surface area contributed by atoms with Crippen LogP contribution in [0.15, 0.2) is 0 Å². The van der Waals surface area contributed by atoms with E-state index in [2.05, 4.69) is 38.3 Å². The van der Waals surface area contributed by atoms with Crippen LogP contribution in [-0.2, 0) is 9.53 Å². The molecule has 18 heavy (non-hydrogen) atoms. The lowest BCUT2D eigenvalue weighted by atomic mass is 10.1. The molecular formula is C14H30N2O2. The summed E-state index contributed by atoms with van der Waals surface area (Å²) in [6.07, 6.45) is 1.96. The van der Waals surface area contributed by atoms with Crippen LogP contribution in [0.25, 0.3) is 0 Å². The lowest BCUT2D eigenvalue weighted by Crippen LogP contribution is -2.46. The molecule has 0 aromatic rings. The number of hydrogen-bond acceptors (Lipinski definition) is 3.